The number of benzene rings is 1. The lowest BCUT2D eigenvalue weighted by molar-refractivity contribution is -0.395. The molecule has 3 rings (SSSR count). The minimum absolute atomic E-state index is 0.0535. The summed E-state index contributed by atoms with van der Waals surface area (Å²) in [6.07, 6.45) is 3.23. The normalized spacial score (nSPS) is 30.7. The van der Waals surface area contributed by atoms with E-state index >= 15 is 0 Å². The Morgan fingerprint density at radius 3 is 2.19 bits per heavy atom. The summed E-state index contributed by atoms with van der Waals surface area (Å²) in [5.74, 6) is -0.942. The quantitative estimate of drug-likeness (QED) is 0.520. The highest BCUT2D eigenvalue weighted by molar-refractivity contribution is 5.65. The number of esters is 1. The van der Waals surface area contributed by atoms with Crippen LogP contribution in [-0.2, 0) is 23.8 Å². The molecule has 0 N–H and O–H groups in total. The zero-order chi connectivity index (χ0) is 23.6. The molecule has 2 aliphatic heterocycles. The predicted molar refractivity (Wildman–Crippen MR) is 124 cm³/mol. The van der Waals surface area contributed by atoms with Crippen LogP contribution in [0, 0.1) is 5.41 Å². The molecule has 1 aromatic rings. The third-order valence-corrected chi connectivity index (χ3v) is 7.12. The van der Waals surface area contributed by atoms with E-state index < -0.39 is 5.79 Å². The third-order valence-electron chi connectivity index (χ3n) is 7.12. The van der Waals surface area contributed by atoms with Gasteiger partial charge < -0.3 is 14.2 Å². The first-order chi connectivity index (χ1) is 15.0. The summed E-state index contributed by atoms with van der Waals surface area (Å²) >= 11 is 0. The monoisotopic (exact) mass is 447 g/mol. The van der Waals surface area contributed by atoms with E-state index in [4.69, 9.17) is 19.0 Å². The fourth-order valence-corrected chi connectivity index (χ4v) is 5.25. The molecule has 2 heterocycles. The molecule has 32 heavy (non-hydrogen) atoms. The molecule has 0 aliphatic carbocycles. The van der Waals surface area contributed by atoms with Crippen LogP contribution in [0.2, 0.25) is 0 Å². The minimum Gasteiger partial charge on any atom is -0.465 e. The Balaban J connectivity index is 1.81. The summed E-state index contributed by atoms with van der Waals surface area (Å²) in [6, 6.07) is 10.4. The number of piperidine rings is 1. The van der Waals surface area contributed by atoms with Crippen LogP contribution in [-0.4, -0.2) is 47.7 Å². The average molecular weight is 448 g/mol. The Labute approximate surface area is 193 Å². The number of ether oxygens (including phenoxy) is 3. The van der Waals surface area contributed by atoms with Crippen molar-refractivity contribution in [3.05, 3.63) is 35.9 Å². The predicted octanol–water partition coefficient (Wildman–Crippen LogP) is 5.42. The molecule has 1 spiro atoms. The summed E-state index contributed by atoms with van der Waals surface area (Å²) in [6.45, 7) is 15.8. The maximum absolute atomic E-state index is 11.3. The van der Waals surface area contributed by atoms with Crippen LogP contribution in [0.25, 0.3) is 0 Å². The standard InChI is InChI=1S/C26H41NO5/c1-8-25(9-2)16-26(30-18-24(7,19-31-26)17-29-21(4)28)15-23(5,6)27(25)32-20(3)22-13-11-10-12-14-22/h10-14,20H,8-9,15-19H2,1-7H3. The molecular weight excluding hydrogens is 406 g/mol. The highest BCUT2D eigenvalue weighted by Crippen LogP contribution is 2.52. The van der Waals surface area contributed by atoms with Crippen molar-refractivity contribution in [1.82, 2.24) is 5.06 Å². The van der Waals surface area contributed by atoms with Crippen molar-refractivity contribution in [2.45, 2.75) is 97.1 Å². The van der Waals surface area contributed by atoms with Gasteiger partial charge in [0.2, 0.25) is 0 Å². The van der Waals surface area contributed by atoms with Gasteiger partial charge in [-0.1, -0.05) is 51.1 Å². The summed E-state index contributed by atoms with van der Waals surface area (Å²) < 4.78 is 18.2. The molecule has 1 aromatic carbocycles. The molecule has 0 saturated carbocycles. The van der Waals surface area contributed by atoms with Gasteiger partial charge in [-0.15, -0.1) is 0 Å². The van der Waals surface area contributed by atoms with Gasteiger partial charge in [-0.2, -0.15) is 5.06 Å². The van der Waals surface area contributed by atoms with Crippen LogP contribution in [0.15, 0.2) is 30.3 Å². The van der Waals surface area contributed by atoms with E-state index in [1.807, 2.05) is 13.0 Å². The van der Waals surface area contributed by atoms with E-state index in [1.54, 1.807) is 0 Å². The van der Waals surface area contributed by atoms with Crippen molar-refractivity contribution in [2.24, 2.45) is 5.41 Å². The van der Waals surface area contributed by atoms with Gasteiger partial charge in [-0.25, -0.2) is 0 Å². The van der Waals surface area contributed by atoms with Crippen LogP contribution >= 0.6 is 0 Å². The number of rotatable bonds is 7. The van der Waals surface area contributed by atoms with Crippen molar-refractivity contribution in [1.29, 1.82) is 0 Å². The Kier molecular flexibility index (Phi) is 7.40. The summed E-state index contributed by atoms with van der Waals surface area (Å²) in [7, 11) is 0. The van der Waals surface area contributed by atoms with Gasteiger partial charge in [0.1, 0.15) is 12.7 Å². The van der Waals surface area contributed by atoms with Crippen LogP contribution < -0.4 is 0 Å². The van der Waals surface area contributed by atoms with Crippen LogP contribution in [0.4, 0.5) is 0 Å². The fourth-order valence-electron chi connectivity index (χ4n) is 5.25. The topological polar surface area (TPSA) is 57.2 Å². The zero-order valence-corrected chi connectivity index (χ0v) is 20.9. The zero-order valence-electron chi connectivity index (χ0n) is 20.9. The maximum atomic E-state index is 11.3. The molecule has 0 aromatic heterocycles. The molecule has 6 heteroatoms. The van der Waals surface area contributed by atoms with E-state index in [-0.39, 0.29) is 28.6 Å². The first kappa shape index (κ1) is 25.2. The smallest absolute Gasteiger partial charge is 0.302 e. The van der Waals surface area contributed by atoms with Gasteiger partial charge >= 0.3 is 5.97 Å². The SMILES string of the molecule is CCC1(CC)CC2(CC(C)(C)N1OC(C)c1ccccc1)OCC(C)(COC(C)=O)CO2. The van der Waals surface area contributed by atoms with Gasteiger partial charge in [0.05, 0.1) is 18.8 Å². The van der Waals surface area contributed by atoms with E-state index in [1.165, 1.54) is 6.92 Å². The molecule has 1 atom stereocenters. The highest BCUT2D eigenvalue weighted by Gasteiger charge is 2.59. The van der Waals surface area contributed by atoms with Crippen molar-refractivity contribution in [3.8, 4) is 0 Å². The number of carbonyl (C=O) groups excluding carboxylic acids is 1. The minimum atomic E-state index is -0.666. The third kappa shape index (κ3) is 5.19. The highest BCUT2D eigenvalue weighted by atomic mass is 16.7. The first-order valence-electron chi connectivity index (χ1n) is 11.9. The van der Waals surface area contributed by atoms with Gasteiger partial charge in [0.15, 0.2) is 5.79 Å². The molecule has 2 fully saturated rings. The molecule has 0 amide bonds. The maximum Gasteiger partial charge on any atom is 0.302 e. The lowest BCUT2D eigenvalue weighted by atomic mass is 9.72. The molecule has 1 unspecified atom stereocenters. The number of hydrogen-bond donors (Lipinski definition) is 0. The molecule has 0 radical (unpaired) electrons. The van der Waals surface area contributed by atoms with Gasteiger partial charge in [-0.05, 0) is 39.2 Å². The lowest BCUT2D eigenvalue weighted by Crippen LogP contribution is -2.69. The fraction of sp³-hybridized carbons (Fsp3) is 0.731. The summed E-state index contributed by atoms with van der Waals surface area (Å²) in [5.41, 5.74) is 0.319. The Morgan fingerprint density at radius 2 is 1.66 bits per heavy atom. The number of carbonyl (C=O) groups is 1. The van der Waals surface area contributed by atoms with E-state index in [0.29, 0.717) is 26.2 Å². The molecule has 0 bridgehead atoms. The lowest BCUT2D eigenvalue weighted by Gasteiger charge is -2.61. The number of nitrogens with zero attached hydrogens (tertiary/aromatic N) is 1. The van der Waals surface area contributed by atoms with Crippen molar-refractivity contribution < 1.29 is 23.8 Å². The van der Waals surface area contributed by atoms with E-state index in [2.05, 4.69) is 63.9 Å². The largest absolute Gasteiger partial charge is 0.465 e. The second kappa shape index (κ2) is 9.41. The average Bonchev–Trinajstić information content (AvgIpc) is 2.77. The molecule has 180 valence electrons. The van der Waals surface area contributed by atoms with E-state index in [0.717, 1.165) is 24.8 Å². The first-order valence-corrected chi connectivity index (χ1v) is 11.9. The second-order valence-corrected chi connectivity index (χ2v) is 10.6. The molecule has 6 nitrogen and oxygen atoms in total. The molecular formula is C26H41NO5. The second-order valence-electron chi connectivity index (χ2n) is 10.6. The van der Waals surface area contributed by atoms with Crippen LogP contribution in [0.5, 0.6) is 0 Å². The number of hydroxylamine groups is 2. The van der Waals surface area contributed by atoms with Crippen molar-refractivity contribution in [3.63, 3.8) is 0 Å². The Hall–Kier alpha value is -1.47. The Bertz CT molecular complexity index is 766. The van der Waals surface area contributed by atoms with Crippen LogP contribution in [0.3, 0.4) is 0 Å². The van der Waals surface area contributed by atoms with Crippen LogP contribution in [0.1, 0.15) is 85.8 Å². The molecule has 2 aliphatic rings. The number of hydrogen-bond acceptors (Lipinski definition) is 6. The van der Waals surface area contributed by atoms with Crippen molar-refractivity contribution >= 4 is 5.97 Å². The summed E-state index contributed by atoms with van der Waals surface area (Å²) in [5, 5.41) is 2.24. The van der Waals surface area contributed by atoms with E-state index in [9.17, 15) is 4.79 Å². The molecule has 2 saturated heterocycles. The van der Waals surface area contributed by atoms with Gasteiger partial charge in [-0.3, -0.25) is 9.63 Å². The van der Waals surface area contributed by atoms with Crippen molar-refractivity contribution in [2.75, 3.05) is 19.8 Å². The summed E-state index contributed by atoms with van der Waals surface area (Å²) in [4.78, 5) is 18.0. The van der Waals surface area contributed by atoms with Gasteiger partial charge in [0.25, 0.3) is 0 Å². The van der Waals surface area contributed by atoms with Gasteiger partial charge in [0, 0.05) is 30.7 Å². The Morgan fingerprint density at radius 1 is 1.06 bits per heavy atom.